The van der Waals surface area contributed by atoms with Crippen LogP contribution in [0.2, 0.25) is 0 Å². The average molecular weight is 410 g/mol. The quantitative estimate of drug-likeness (QED) is 0.460. The molecule has 1 aromatic heterocycles. The first kappa shape index (κ1) is 21.6. The van der Waals surface area contributed by atoms with Crippen molar-refractivity contribution in [3.63, 3.8) is 0 Å². The minimum Gasteiger partial charge on any atom is -0.493 e. The predicted octanol–water partition coefficient (Wildman–Crippen LogP) is 5.32. The molecule has 0 bridgehead atoms. The zero-order valence-corrected chi connectivity index (χ0v) is 17.3. The van der Waals surface area contributed by atoms with Crippen LogP contribution in [0, 0.1) is 18.7 Å². The van der Waals surface area contributed by atoms with Crippen LogP contribution in [0.15, 0.2) is 54.7 Å². The molecule has 6 heteroatoms. The second-order valence-electron chi connectivity index (χ2n) is 7.62. The fraction of sp³-hybridized carbons (Fsp3) is 0.333. The lowest BCUT2D eigenvalue weighted by Crippen LogP contribution is -2.09. The number of nitrogens with zero attached hydrogens (tertiary/aromatic N) is 2. The van der Waals surface area contributed by atoms with Gasteiger partial charge in [-0.25, -0.2) is 9.37 Å². The average Bonchev–Trinajstić information content (AvgIpc) is 3.07. The van der Waals surface area contributed by atoms with Gasteiger partial charge in [-0.2, -0.15) is 0 Å². The molecule has 0 saturated carbocycles. The molecule has 0 unspecified atom stereocenters. The maximum atomic E-state index is 13.3. The number of carbonyl (C=O) groups is 1. The van der Waals surface area contributed by atoms with E-state index in [1.807, 2.05) is 44.3 Å². The third-order valence-electron chi connectivity index (χ3n) is 5.08. The summed E-state index contributed by atoms with van der Waals surface area (Å²) in [5.74, 6) is 0.686. The minimum atomic E-state index is -0.763. The second kappa shape index (κ2) is 10.1. The summed E-state index contributed by atoms with van der Waals surface area (Å²) in [7, 11) is 0. The summed E-state index contributed by atoms with van der Waals surface area (Å²) in [4.78, 5) is 15.3. The van der Waals surface area contributed by atoms with Crippen molar-refractivity contribution in [1.29, 1.82) is 0 Å². The number of imidazole rings is 1. The first-order valence-electron chi connectivity index (χ1n) is 10.1. The van der Waals surface area contributed by atoms with Gasteiger partial charge in [0, 0.05) is 29.4 Å². The summed E-state index contributed by atoms with van der Waals surface area (Å²) >= 11 is 0. The van der Waals surface area contributed by atoms with Crippen LogP contribution in [0.25, 0.3) is 11.4 Å². The molecular formula is C24H27FN2O3. The number of hydrogen-bond acceptors (Lipinski definition) is 3. The van der Waals surface area contributed by atoms with Gasteiger partial charge in [-0.05, 0) is 56.0 Å². The van der Waals surface area contributed by atoms with Crippen molar-refractivity contribution >= 4 is 5.97 Å². The third kappa shape index (κ3) is 5.69. The second-order valence-corrected chi connectivity index (χ2v) is 7.62. The summed E-state index contributed by atoms with van der Waals surface area (Å²) < 4.78 is 21.4. The maximum absolute atomic E-state index is 13.3. The molecular weight excluding hydrogens is 383 g/mol. The van der Waals surface area contributed by atoms with Crippen LogP contribution in [0.4, 0.5) is 4.39 Å². The lowest BCUT2D eigenvalue weighted by atomic mass is 10.0. The number of benzene rings is 2. The number of aliphatic carboxylic acids is 1. The monoisotopic (exact) mass is 410 g/mol. The number of rotatable bonds is 10. The van der Waals surface area contributed by atoms with Gasteiger partial charge in [-0.15, -0.1) is 0 Å². The molecule has 0 radical (unpaired) electrons. The summed E-state index contributed by atoms with van der Waals surface area (Å²) in [6, 6.07) is 14.2. The first-order chi connectivity index (χ1) is 14.4. The van der Waals surface area contributed by atoms with E-state index in [1.165, 1.54) is 12.1 Å². The smallest absolute Gasteiger partial charge is 0.303 e. The van der Waals surface area contributed by atoms with E-state index in [4.69, 9.17) is 9.84 Å². The number of aryl methyl sites for hydroxylation is 1. The van der Waals surface area contributed by atoms with Crippen LogP contribution in [0.5, 0.6) is 5.75 Å². The van der Waals surface area contributed by atoms with Gasteiger partial charge < -0.3 is 14.4 Å². The molecule has 0 saturated heterocycles. The third-order valence-corrected chi connectivity index (χ3v) is 5.08. The Bertz CT molecular complexity index is 982. The number of para-hydroxylation sites is 1. The highest BCUT2D eigenvalue weighted by Gasteiger charge is 2.13. The van der Waals surface area contributed by atoms with Gasteiger partial charge >= 0.3 is 5.97 Å². The number of carboxylic acid groups (broad SMARTS) is 1. The highest BCUT2D eigenvalue weighted by atomic mass is 19.1. The Balaban J connectivity index is 1.69. The zero-order chi connectivity index (χ0) is 21.5. The van der Waals surface area contributed by atoms with E-state index in [-0.39, 0.29) is 18.2 Å². The van der Waals surface area contributed by atoms with Gasteiger partial charge in [-0.3, -0.25) is 4.79 Å². The standard InChI is InChI=1S/C24H27FN2O3/c1-17(14-23(28)29)6-5-13-30-22-8-4-3-7-20(22)16-27-18(2)15-26-24(27)19-9-11-21(25)12-10-19/h3-4,7-12,15,17H,5-6,13-14,16H2,1-2H3,(H,28,29)/t17-/m1/s1. The Kier molecular flexibility index (Phi) is 7.22. The maximum Gasteiger partial charge on any atom is 0.303 e. The highest BCUT2D eigenvalue weighted by Crippen LogP contribution is 2.25. The Morgan fingerprint density at radius 1 is 1.20 bits per heavy atom. The molecule has 0 aliphatic heterocycles. The van der Waals surface area contributed by atoms with Gasteiger partial charge in [0.25, 0.3) is 0 Å². The summed E-state index contributed by atoms with van der Waals surface area (Å²) in [6.45, 7) is 5.06. The van der Waals surface area contributed by atoms with E-state index in [0.29, 0.717) is 13.2 Å². The fourth-order valence-electron chi connectivity index (χ4n) is 3.45. The van der Waals surface area contributed by atoms with Crippen LogP contribution in [-0.2, 0) is 11.3 Å². The molecule has 3 rings (SSSR count). The largest absolute Gasteiger partial charge is 0.493 e. The van der Waals surface area contributed by atoms with Gasteiger partial charge in [0.1, 0.15) is 17.4 Å². The van der Waals surface area contributed by atoms with Crippen LogP contribution >= 0.6 is 0 Å². The van der Waals surface area contributed by atoms with Crippen molar-refractivity contribution < 1.29 is 19.0 Å². The Hall–Kier alpha value is -3.15. The molecule has 5 nitrogen and oxygen atoms in total. The van der Waals surface area contributed by atoms with Gasteiger partial charge in [0.2, 0.25) is 0 Å². The van der Waals surface area contributed by atoms with E-state index < -0.39 is 5.97 Å². The lowest BCUT2D eigenvalue weighted by molar-refractivity contribution is -0.138. The fourth-order valence-corrected chi connectivity index (χ4v) is 3.45. The van der Waals surface area contributed by atoms with Crippen molar-refractivity contribution in [2.75, 3.05) is 6.61 Å². The Labute approximate surface area is 176 Å². The molecule has 0 spiro atoms. The molecule has 0 aliphatic carbocycles. The summed E-state index contributed by atoms with van der Waals surface area (Å²) in [5, 5.41) is 8.86. The number of ether oxygens (including phenoxy) is 1. The molecule has 2 aromatic carbocycles. The molecule has 3 aromatic rings. The lowest BCUT2D eigenvalue weighted by Gasteiger charge is -2.15. The molecule has 158 valence electrons. The van der Waals surface area contributed by atoms with E-state index in [2.05, 4.69) is 9.55 Å². The number of carboxylic acids is 1. The SMILES string of the molecule is Cc1cnc(-c2ccc(F)cc2)n1Cc1ccccc1OCCC[C@@H](C)CC(=O)O. The van der Waals surface area contributed by atoms with E-state index in [9.17, 15) is 9.18 Å². The van der Waals surface area contributed by atoms with Crippen LogP contribution in [0.3, 0.4) is 0 Å². The van der Waals surface area contributed by atoms with Crippen molar-refractivity contribution in [2.45, 2.75) is 39.7 Å². The van der Waals surface area contributed by atoms with Gasteiger partial charge in [0.05, 0.1) is 13.2 Å². The Morgan fingerprint density at radius 2 is 1.93 bits per heavy atom. The molecule has 30 heavy (non-hydrogen) atoms. The topological polar surface area (TPSA) is 64.4 Å². The van der Waals surface area contributed by atoms with E-state index in [0.717, 1.165) is 41.2 Å². The molecule has 0 fully saturated rings. The molecule has 1 heterocycles. The zero-order valence-electron chi connectivity index (χ0n) is 17.3. The summed E-state index contributed by atoms with van der Waals surface area (Å²) in [6.07, 6.45) is 3.60. The van der Waals surface area contributed by atoms with Crippen LogP contribution in [-0.4, -0.2) is 27.2 Å². The number of hydrogen-bond donors (Lipinski definition) is 1. The normalized spacial score (nSPS) is 12.0. The predicted molar refractivity (Wildman–Crippen MR) is 114 cm³/mol. The van der Waals surface area contributed by atoms with Crippen LogP contribution in [0.1, 0.15) is 37.4 Å². The van der Waals surface area contributed by atoms with Crippen molar-refractivity contribution in [1.82, 2.24) is 9.55 Å². The molecule has 1 atom stereocenters. The van der Waals surface area contributed by atoms with E-state index in [1.54, 1.807) is 12.1 Å². The van der Waals surface area contributed by atoms with Crippen molar-refractivity contribution in [2.24, 2.45) is 5.92 Å². The van der Waals surface area contributed by atoms with Gasteiger partial charge in [-0.1, -0.05) is 25.1 Å². The first-order valence-corrected chi connectivity index (χ1v) is 10.1. The van der Waals surface area contributed by atoms with E-state index >= 15 is 0 Å². The van der Waals surface area contributed by atoms with Crippen LogP contribution < -0.4 is 4.74 Å². The molecule has 0 aliphatic rings. The number of aromatic nitrogens is 2. The molecule has 0 amide bonds. The minimum absolute atomic E-state index is 0.133. The molecule has 1 N–H and O–H groups in total. The van der Waals surface area contributed by atoms with Crippen molar-refractivity contribution in [3.05, 3.63) is 71.8 Å². The van der Waals surface area contributed by atoms with Crippen molar-refractivity contribution in [3.8, 4) is 17.1 Å². The summed E-state index contributed by atoms with van der Waals surface area (Å²) in [5.41, 5.74) is 2.89. The number of halogens is 1. The van der Waals surface area contributed by atoms with Gasteiger partial charge in [0.15, 0.2) is 0 Å². The Morgan fingerprint density at radius 3 is 2.67 bits per heavy atom. The highest BCUT2D eigenvalue weighted by molar-refractivity contribution is 5.66.